The lowest BCUT2D eigenvalue weighted by molar-refractivity contribution is -0.141. The van der Waals surface area contributed by atoms with Crippen LogP contribution >= 0.6 is 0 Å². The van der Waals surface area contributed by atoms with Gasteiger partial charge in [-0.15, -0.1) is 0 Å². The molecule has 0 unspecified atom stereocenters. The zero-order chi connectivity index (χ0) is 15.3. The fraction of sp³-hybridized carbons (Fsp3) is 0.500. The van der Waals surface area contributed by atoms with Crippen LogP contribution < -0.4 is 5.32 Å². The molecule has 1 amide bonds. The zero-order valence-corrected chi connectivity index (χ0v) is 10.3. The molecule has 1 aromatic rings. The molecule has 0 saturated carbocycles. The van der Waals surface area contributed by atoms with Crippen molar-refractivity contribution >= 4 is 11.9 Å². The van der Waals surface area contributed by atoms with Crippen LogP contribution in [0.3, 0.4) is 0 Å². The van der Waals surface area contributed by atoms with Crippen molar-refractivity contribution in [3.8, 4) is 0 Å². The number of amides is 1. The van der Waals surface area contributed by atoms with Crippen LogP contribution in [0.5, 0.6) is 0 Å². The number of esters is 1. The van der Waals surface area contributed by atoms with Crippen molar-refractivity contribution in [2.45, 2.75) is 19.4 Å². The molecule has 1 aromatic heterocycles. The molecule has 0 bridgehead atoms. The van der Waals surface area contributed by atoms with Gasteiger partial charge in [-0.25, -0.2) is 17.6 Å². The van der Waals surface area contributed by atoms with Gasteiger partial charge in [-0.1, -0.05) is 0 Å². The van der Waals surface area contributed by atoms with E-state index in [1.54, 1.807) is 0 Å². The van der Waals surface area contributed by atoms with Gasteiger partial charge in [0.2, 0.25) is 5.91 Å². The monoisotopic (exact) mass is 297 g/mol. The maximum atomic E-state index is 12.6. The molecule has 20 heavy (non-hydrogen) atoms. The van der Waals surface area contributed by atoms with Gasteiger partial charge in [0.25, 0.3) is 12.9 Å². The van der Waals surface area contributed by atoms with Crippen LogP contribution in [0.25, 0.3) is 0 Å². The number of halogens is 4. The SMILES string of the molecule is COC(=O)CNC(=O)Cn1nc(C(F)F)cc1C(F)F. The largest absolute Gasteiger partial charge is 0.468 e. The normalized spacial score (nSPS) is 10.9. The molecule has 1 rings (SSSR count). The van der Waals surface area contributed by atoms with Crippen LogP contribution in [0.1, 0.15) is 24.2 Å². The van der Waals surface area contributed by atoms with Gasteiger partial charge in [0.1, 0.15) is 24.5 Å². The molecule has 0 radical (unpaired) electrons. The van der Waals surface area contributed by atoms with Crippen LogP contribution in [0.15, 0.2) is 6.07 Å². The fourth-order valence-corrected chi connectivity index (χ4v) is 1.30. The first-order chi connectivity index (χ1) is 9.35. The first-order valence-corrected chi connectivity index (χ1v) is 5.32. The summed E-state index contributed by atoms with van der Waals surface area (Å²) in [7, 11) is 1.10. The molecule has 112 valence electrons. The highest BCUT2D eigenvalue weighted by atomic mass is 19.3. The highest BCUT2D eigenvalue weighted by Crippen LogP contribution is 2.24. The van der Waals surface area contributed by atoms with Crippen molar-refractivity contribution in [2.24, 2.45) is 0 Å². The number of nitrogens with zero attached hydrogens (tertiary/aromatic N) is 2. The summed E-state index contributed by atoms with van der Waals surface area (Å²) in [4.78, 5) is 22.1. The van der Waals surface area contributed by atoms with Crippen LogP contribution in [-0.2, 0) is 20.9 Å². The first-order valence-electron chi connectivity index (χ1n) is 5.32. The summed E-state index contributed by atoms with van der Waals surface area (Å²) in [6.45, 7) is -1.16. The van der Waals surface area contributed by atoms with E-state index in [4.69, 9.17) is 0 Å². The summed E-state index contributed by atoms with van der Waals surface area (Å²) in [5.41, 5.74) is -1.64. The van der Waals surface area contributed by atoms with E-state index in [1.807, 2.05) is 0 Å². The van der Waals surface area contributed by atoms with Crippen LogP contribution in [0.4, 0.5) is 17.6 Å². The molecular weight excluding hydrogens is 286 g/mol. The Morgan fingerprint density at radius 3 is 2.50 bits per heavy atom. The number of methoxy groups -OCH3 is 1. The molecule has 10 heteroatoms. The van der Waals surface area contributed by atoms with Crippen molar-refractivity contribution < 1.29 is 31.9 Å². The maximum Gasteiger partial charge on any atom is 0.325 e. The minimum absolute atomic E-state index is 0.456. The highest BCUT2D eigenvalue weighted by molar-refractivity contribution is 5.81. The summed E-state index contributed by atoms with van der Waals surface area (Å²) in [6, 6.07) is 0.531. The standard InChI is InChI=1S/C10H11F4N3O3/c1-20-8(19)3-15-7(18)4-17-6(10(13)14)2-5(16-17)9(11)12/h2,9-10H,3-4H2,1H3,(H,15,18). The number of hydrogen-bond donors (Lipinski definition) is 1. The smallest absolute Gasteiger partial charge is 0.325 e. The van der Waals surface area contributed by atoms with Gasteiger partial charge in [-0.05, 0) is 6.07 Å². The number of ether oxygens (including phenoxy) is 1. The van der Waals surface area contributed by atoms with Gasteiger partial charge in [-0.2, -0.15) is 5.10 Å². The van der Waals surface area contributed by atoms with Crippen molar-refractivity contribution in [1.29, 1.82) is 0 Å². The summed E-state index contributed by atoms with van der Waals surface area (Å²) in [5.74, 6) is -1.57. The Morgan fingerprint density at radius 1 is 1.35 bits per heavy atom. The summed E-state index contributed by atoms with van der Waals surface area (Å²) in [5, 5.41) is 5.31. The number of carbonyl (C=O) groups excluding carboxylic acids is 2. The average molecular weight is 297 g/mol. The van der Waals surface area contributed by atoms with Crippen LogP contribution in [-0.4, -0.2) is 35.3 Å². The maximum absolute atomic E-state index is 12.6. The van der Waals surface area contributed by atoms with Crippen LogP contribution in [0.2, 0.25) is 0 Å². The second-order valence-corrected chi connectivity index (χ2v) is 3.61. The highest BCUT2D eigenvalue weighted by Gasteiger charge is 2.22. The molecule has 0 spiro atoms. The molecule has 0 aliphatic rings. The Kier molecular flexibility index (Phi) is 5.47. The van der Waals surface area contributed by atoms with Crippen molar-refractivity contribution in [2.75, 3.05) is 13.7 Å². The molecule has 1 heterocycles. The minimum Gasteiger partial charge on any atom is -0.468 e. The first kappa shape index (κ1) is 15.9. The molecule has 1 N–H and O–H groups in total. The van der Waals surface area contributed by atoms with E-state index >= 15 is 0 Å². The summed E-state index contributed by atoms with van der Waals surface area (Å²) in [6.07, 6.45) is -6.07. The van der Waals surface area contributed by atoms with E-state index in [0.717, 1.165) is 7.11 Å². The van der Waals surface area contributed by atoms with Gasteiger partial charge in [0, 0.05) is 0 Å². The quantitative estimate of drug-likeness (QED) is 0.629. The topological polar surface area (TPSA) is 73.2 Å². The average Bonchev–Trinajstić information content (AvgIpc) is 2.80. The second kappa shape index (κ2) is 6.87. The van der Waals surface area contributed by atoms with Gasteiger partial charge in [0.05, 0.1) is 7.11 Å². The van der Waals surface area contributed by atoms with E-state index in [-0.39, 0.29) is 0 Å². The van der Waals surface area contributed by atoms with Gasteiger partial charge < -0.3 is 10.1 Å². The fourth-order valence-electron chi connectivity index (χ4n) is 1.30. The molecule has 0 aromatic carbocycles. The Labute approximate surface area is 110 Å². The third kappa shape index (κ3) is 4.21. The molecule has 0 saturated heterocycles. The van der Waals surface area contributed by atoms with E-state index < -0.39 is 49.2 Å². The third-order valence-electron chi connectivity index (χ3n) is 2.23. The van der Waals surface area contributed by atoms with Crippen LogP contribution in [0, 0.1) is 0 Å². The Morgan fingerprint density at radius 2 is 2.00 bits per heavy atom. The van der Waals surface area contributed by atoms with E-state index in [2.05, 4.69) is 15.2 Å². The number of alkyl halides is 4. The number of rotatable bonds is 6. The van der Waals surface area contributed by atoms with E-state index in [9.17, 15) is 27.2 Å². The zero-order valence-electron chi connectivity index (χ0n) is 10.3. The predicted octanol–water partition coefficient (Wildman–Crippen LogP) is 1.05. The molecule has 0 fully saturated rings. The van der Waals surface area contributed by atoms with Crippen molar-refractivity contribution in [3.05, 3.63) is 17.5 Å². The number of carbonyl (C=O) groups is 2. The summed E-state index contributed by atoms with van der Waals surface area (Å²) >= 11 is 0. The molecule has 0 atom stereocenters. The number of hydrogen-bond acceptors (Lipinski definition) is 4. The molecular formula is C10H11F4N3O3. The van der Waals surface area contributed by atoms with Gasteiger partial charge in [-0.3, -0.25) is 14.3 Å². The van der Waals surface area contributed by atoms with Crippen molar-refractivity contribution in [1.82, 2.24) is 15.1 Å². The molecule has 6 nitrogen and oxygen atoms in total. The van der Waals surface area contributed by atoms with Crippen molar-refractivity contribution in [3.63, 3.8) is 0 Å². The van der Waals surface area contributed by atoms with Gasteiger partial charge >= 0.3 is 5.97 Å². The predicted molar refractivity (Wildman–Crippen MR) is 57.2 cm³/mol. The Bertz CT molecular complexity index is 490. The summed E-state index contributed by atoms with van der Waals surface area (Å²) < 4.78 is 54.7. The second-order valence-electron chi connectivity index (χ2n) is 3.61. The number of aromatic nitrogens is 2. The van der Waals surface area contributed by atoms with Gasteiger partial charge in [0.15, 0.2) is 0 Å². The third-order valence-corrected chi connectivity index (χ3v) is 2.23. The van der Waals surface area contributed by atoms with E-state index in [0.29, 0.717) is 10.7 Å². The minimum atomic E-state index is -3.05. The number of nitrogens with one attached hydrogen (secondary N) is 1. The molecule has 0 aliphatic carbocycles. The lowest BCUT2D eigenvalue weighted by atomic mass is 10.3. The Hall–Kier alpha value is -2.13. The lowest BCUT2D eigenvalue weighted by Crippen LogP contribution is -2.33. The van der Waals surface area contributed by atoms with E-state index in [1.165, 1.54) is 0 Å². The lowest BCUT2D eigenvalue weighted by Gasteiger charge is -2.07. The molecule has 0 aliphatic heterocycles. The Balaban J connectivity index is 2.75.